The molecular weight excluding hydrogens is 196 g/mol. The van der Waals surface area contributed by atoms with Crippen molar-refractivity contribution in [2.24, 2.45) is 0 Å². The lowest BCUT2D eigenvalue weighted by molar-refractivity contribution is 0.148. The molecule has 1 fully saturated rings. The first-order valence-corrected chi connectivity index (χ1v) is 5.70. The lowest BCUT2D eigenvalue weighted by Gasteiger charge is -2.32. The largest absolute Gasteiger partial charge is 0.304 e. The summed E-state index contributed by atoms with van der Waals surface area (Å²) in [6, 6.07) is 8.09. The van der Waals surface area contributed by atoms with E-state index in [-0.39, 0.29) is 0 Å². The van der Waals surface area contributed by atoms with E-state index >= 15 is 0 Å². The summed E-state index contributed by atoms with van der Waals surface area (Å²) in [4.78, 5) is 4.82. The highest BCUT2D eigenvalue weighted by Gasteiger charge is 2.13. The van der Waals surface area contributed by atoms with E-state index in [0.717, 1.165) is 38.3 Å². The lowest BCUT2D eigenvalue weighted by Crippen LogP contribution is -2.43. The van der Waals surface area contributed by atoms with Crippen LogP contribution >= 0.6 is 0 Å². The Morgan fingerprint density at radius 1 is 1.25 bits per heavy atom. The van der Waals surface area contributed by atoms with Crippen molar-refractivity contribution < 1.29 is 0 Å². The normalized spacial score (nSPS) is 18.2. The van der Waals surface area contributed by atoms with Gasteiger partial charge < -0.3 is 4.90 Å². The molecule has 0 bridgehead atoms. The number of likely N-dealkylation sites (N-methyl/N-ethyl adjacent to an activating group) is 1. The molecule has 0 atom stereocenters. The van der Waals surface area contributed by atoms with Gasteiger partial charge in [-0.3, -0.25) is 4.90 Å². The standard InChI is InChI=1S/C14H17N2/c1-3-13-5-4-6-14(11-13)12-16-9-7-15(2)8-10-16/h4-6,11H,7-10,12H2,2H3. The van der Waals surface area contributed by atoms with E-state index in [1.165, 1.54) is 5.56 Å². The Kier molecular flexibility index (Phi) is 3.61. The third-order valence-electron chi connectivity index (χ3n) is 3.07. The molecule has 0 aliphatic carbocycles. The fraction of sp³-hybridized carbons (Fsp3) is 0.429. The highest BCUT2D eigenvalue weighted by atomic mass is 15.2. The van der Waals surface area contributed by atoms with E-state index in [1.54, 1.807) is 0 Å². The quantitative estimate of drug-likeness (QED) is 0.685. The summed E-state index contributed by atoms with van der Waals surface area (Å²) in [5.74, 6) is 2.43. The van der Waals surface area contributed by atoms with Crippen molar-refractivity contribution in [3.8, 4) is 5.92 Å². The molecule has 83 valence electrons. The maximum Gasteiger partial charge on any atom is 0.0258 e. The van der Waals surface area contributed by atoms with Gasteiger partial charge in [-0.1, -0.05) is 18.1 Å². The topological polar surface area (TPSA) is 6.48 Å². The van der Waals surface area contributed by atoms with Crippen molar-refractivity contribution in [3.63, 3.8) is 0 Å². The van der Waals surface area contributed by atoms with Crippen LogP contribution in [0.25, 0.3) is 0 Å². The Hall–Kier alpha value is -1.30. The van der Waals surface area contributed by atoms with Crippen LogP contribution in [0.15, 0.2) is 24.3 Å². The SMILES string of the molecule is [C]#Cc1cccc(CN2CCN(C)CC2)c1. The van der Waals surface area contributed by atoms with Crippen LogP contribution in [0, 0.1) is 12.3 Å². The molecule has 2 nitrogen and oxygen atoms in total. The number of rotatable bonds is 2. The Morgan fingerprint density at radius 2 is 2.00 bits per heavy atom. The van der Waals surface area contributed by atoms with Crippen LogP contribution in [0.2, 0.25) is 0 Å². The third-order valence-corrected chi connectivity index (χ3v) is 3.07. The molecule has 0 amide bonds. The van der Waals surface area contributed by atoms with Crippen LogP contribution in [0.5, 0.6) is 0 Å². The first-order chi connectivity index (χ1) is 7.78. The van der Waals surface area contributed by atoms with Gasteiger partial charge in [0.05, 0.1) is 0 Å². The molecule has 0 spiro atoms. The summed E-state index contributed by atoms with van der Waals surface area (Å²) in [6.45, 7) is 5.56. The summed E-state index contributed by atoms with van der Waals surface area (Å²) in [5.41, 5.74) is 2.15. The van der Waals surface area contributed by atoms with Gasteiger partial charge in [-0.25, -0.2) is 0 Å². The monoisotopic (exact) mass is 213 g/mol. The highest BCUT2D eigenvalue weighted by Crippen LogP contribution is 2.09. The Labute approximate surface area is 97.9 Å². The van der Waals surface area contributed by atoms with Gasteiger partial charge in [0.2, 0.25) is 0 Å². The van der Waals surface area contributed by atoms with E-state index in [4.69, 9.17) is 6.42 Å². The average molecular weight is 213 g/mol. The molecule has 1 radical (unpaired) electrons. The van der Waals surface area contributed by atoms with Crippen LogP contribution in [-0.2, 0) is 6.54 Å². The molecule has 0 N–H and O–H groups in total. The first kappa shape index (κ1) is 11.2. The van der Waals surface area contributed by atoms with Gasteiger partial charge in [-0.2, -0.15) is 0 Å². The van der Waals surface area contributed by atoms with Crippen molar-refractivity contribution >= 4 is 0 Å². The highest BCUT2D eigenvalue weighted by molar-refractivity contribution is 5.33. The molecule has 1 aromatic rings. The summed E-state index contributed by atoms with van der Waals surface area (Å²) in [7, 11) is 2.17. The van der Waals surface area contributed by atoms with Gasteiger partial charge in [0, 0.05) is 38.3 Å². The molecule has 2 heteroatoms. The maximum absolute atomic E-state index is 7.12. The zero-order chi connectivity index (χ0) is 11.4. The number of benzene rings is 1. The summed E-state index contributed by atoms with van der Waals surface area (Å²) in [6.07, 6.45) is 7.12. The predicted molar refractivity (Wildman–Crippen MR) is 65.4 cm³/mol. The smallest absolute Gasteiger partial charge is 0.0258 e. The molecule has 0 saturated carbocycles. The summed E-state index contributed by atoms with van der Waals surface area (Å²) < 4.78 is 0. The minimum atomic E-state index is 0.867. The minimum Gasteiger partial charge on any atom is -0.304 e. The minimum absolute atomic E-state index is 0.867. The zero-order valence-corrected chi connectivity index (χ0v) is 9.74. The van der Waals surface area contributed by atoms with Crippen molar-refractivity contribution in [1.82, 2.24) is 9.80 Å². The van der Waals surface area contributed by atoms with Crippen LogP contribution in [0.4, 0.5) is 0 Å². The molecule has 1 aliphatic heterocycles. The van der Waals surface area contributed by atoms with Crippen molar-refractivity contribution in [2.45, 2.75) is 6.54 Å². The average Bonchev–Trinajstić information content (AvgIpc) is 2.32. The van der Waals surface area contributed by atoms with E-state index in [0.29, 0.717) is 0 Å². The van der Waals surface area contributed by atoms with Crippen molar-refractivity contribution in [3.05, 3.63) is 41.8 Å². The Balaban J connectivity index is 1.96. The zero-order valence-electron chi connectivity index (χ0n) is 9.74. The molecule has 1 aromatic carbocycles. The van der Waals surface area contributed by atoms with Gasteiger partial charge in [0.1, 0.15) is 0 Å². The molecule has 1 saturated heterocycles. The second-order valence-corrected chi connectivity index (χ2v) is 4.40. The van der Waals surface area contributed by atoms with Crippen LogP contribution < -0.4 is 0 Å². The molecule has 16 heavy (non-hydrogen) atoms. The van der Waals surface area contributed by atoms with Gasteiger partial charge >= 0.3 is 0 Å². The molecule has 0 aromatic heterocycles. The summed E-state index contributed by atoms with van der Waals surface area (Å²) >= 11 is 0. The van der Waals surface area contributed by atoms with Crippen LogP contribution in [0.1, 0.15) is 11.1 Å². The second kappa shape index (κ2) is 5.16. The Morgan fingerprint density at radius 3 is 2.69 bits per heavy atom. The second-order valence-electron chi connectivity index (χ2n) is 4.40. The molecule has 1 heterocycles. The van der Waals surface area contributed by atoms with Crippen LogP contribution in [0.3, 0.4) is 0 Å². The van der Waals surface area contributed by atoms with E-state index in [9.17, 15) is 0 Å². The van der Waals surface area contributed by atoms with Gasteiger partial charge in [-0.05, 0) is 31.2 Å². The molecular formula is C14H17N2. The molecule has 1 aliphatic rings. The van der Waals surface area contributed by atoms with Crippen molar-refractivity contribution in [2.75, 3.05) is 33.2 Å². The predicted octanol–water partition coefficient (Wildman–Crippen LogP) is 1.37. The number of hydrogen-bond acceptors (Lipinski definition) is 2. The van der Waals surface area contributed by atoms with Gasteiger partial charge in [0.25, 0.3) is 0 Å². The third kappa shape index (κ3) is 2.85. The lowest BCUT2D eigenvalue weighted by atomic mass is 10.1. The van der Waals surface area contributed by atoms with E-state index in [2.05, 4.69) is 28.8 Å². The van der Waals surface area contributed by atoms with E-state index < -0.39 is 0 Å². The molecule has 2 rings (SSSR count). The number of nitrogens with zero attached hydrogens (tertiary/aromatic N) is 2. The van der Waals surface area contributed by atoms with Crippen molar-refractivity contribution in [1.29, 1.82) is 0 Å². The first-order valence-electron chi connectivity index (χ1n) is 5.70. The van der Waals surface area contributed by atoms with E-state index in [1.807, 2.05) is 18.2 Å². The number of hydrogen-bond donors (Lipinski definition) is 0. The van der Waals surface area contributed by atoms with Gasteiger partial charge in [-0.15, -0.1) is 0 Å². The fourth-order valence-corrected chi connectivity index (χ4v) is 2.01. The summed E-state index contributed by atoms with van der Waals surface area (Å²) in [5, 5.41) is 0. The molecule has 0 unspecified atom stereocenters. The Bertz CT molecular complexity index is 384. The maximum atomic E-state index is 7.12. The van der Waals surface area contributed by atoms with Gasteiger partial charge in [0.15, 0.2) is 0 Å². The van der Waals surface area contributed by atoms with Crippen LogP contribution in [-0.4, -0.2) is 43.0 Å². The number of piperazine rings is 1. The fourth-order valence-electron chi connectivity index (χ4n) is 2.01.